The number of hydrogen-bond acceptors (Lipinski definition) is 7. The van der Waals surface area contributed by atoms with Crippen LogP contribution in [0.4, 0.5) is 5.82 Å². The van der Waals surface area contributed by atoms with Crippen molar-refractivity contribution in [2.45, 2.75) is 20.3 Å². The minimum atomic E-state index is -0.0483. The SMILES string of the molecule is CCCOc1c(Cl)cc(/C=C/C(=O)N2CCN(c3cc(C)nc4ncnn34)CC2)cc1OC. The van der Waals surface area contributed by atoms with Gasteiger partial charge in [0.2, 0.25) is 5.91 Å². The van der Waals surface area contributed by atoms with E-state index < -0.39 is 0 Å². The Morgan fingerprint density at radius 2 is 2.00 bits per heavy atom. The van der Waals surface area contributed by atoms with Gasteiger partial charge in [0.1, 0.15) is 12.1 Å². The second-order valence-electron chi connectivity index (χ2n) is 7.76. The van der Waals surface area contributed by atoms with E-state index in [2.05, 4.69) is 20.0 Å². The summed E-state index contributed by atoms with van der Waals surface area (Å²) < 4.78 is 12.8. The second-order valence-corrected chi connectivity index (χ2v) is 8.16. The van der Waals surface area contributed by atoms with Gasteiger partial charge in [0, 0.05) is 44.0 Å². The lowest BCUT2D eigenvalue weighted by atomic mass is 10.1. The zero-order chi connectivity index (χ0) is 23.4. The average molecular weight is 471 g/mol. The number of benzene rings is 1. The van der Waals surface area contributed by atoms with Crippen LogP contribution >= 0.6 is 11.6 Å². The van der Waals surface area contributed by atoms with Crippen LogP contribution in [-0.2, 0) is 4.79 Å². The fourth-order valence-corrected chi connectivity index (χ4v) is 4.02. The number of aryl methyl sites for hydroxylation is 1. The Morgan fingerprint density at radius 1 is 1.21 bits per heavy atom. The third-order valence-corrected chi connectivity index (χ3v) is 5.68. The smallest absolute Gasteiger partial charge is 0.254 e. The van der Waals surface area contributed by atoms with Crippen LogP contribution in [0, 0.1) is 6.92 Å². The highest BCUT2D eigenvalue weighted by Gasteiger charge is 2.22. The van der Waals surface area contributed by atoms with Crippen LogP contribution in [-0.4, -0.2) is 70.3 Å². The molecule has 4 rings (SSSR count). The first-order chi connectivity index (χ1) is 16.0. The van der Waals surface area contributed by atoms with Gasteiger partial charge in [-0.25, -0.2) is 4.98 Å². The summed E-state index contributed by atoms with van der Waals surface area (Å²) in [6, 6.07) is 5.57. The van der Waals surface area contributed by atoms with Crippen LogP contribution < -0.4 is 14.4 Å². The number of piperazine rings is 1. The molecule has 1 aromatic carbocycles. The number of methoxy groups -OCH3 is 1. The summed E-state index contributed by atoms with van der Waals surface area (Å²) in [5.41, 5.74) is 1.65. The van der Waals surface area contributed by atoms with Crippen molar-refractivity contribution in [2.24, 2.45) is 0 Å². The minimum absolute atomic E-state index is 0.0483. The fourth-order valence-electron chi connectivity index (χ4n) is 3.75. The number of fused-ring (bicyclic) bond motifs is 1. The van der Waals surface area contributed by atoms with E-state index in [9.17, 15) is 4.79 Å². The molecule has 0 spiro atoms. The highest BCUT2D eigenvalue weighted by Crippen LogP contribution is 2.37. The predicted octanol–water partition coefficient (Wildman–Crippen LogP) is 3.25. The first-order valence-corrected chi connectivity index (χ1v) is 11.3. The lowest BCUT2D eigenvalue weighted by Gasteiger charge is -2.35. The summed E-state index contributed by atoms with van der Waals surface area (Å²) in [6.07, 6.45) is 5.68. The van der Waals surface area contributed by atoms with Crippen molar-refractivity contribution in [3.8, 4) is 11.5 Å². The Bertz CT molecular complexity index is 1170. The van der Waals surface area contributed by atoms with Crippen LogP contribution in [0.1, 0.15) is 24.6 Å². The third kappa shape index (κ3) is 5.03. The van der Waals surface area contributed by atoms with Gasteiger partial charge in [0.25, 0.3) is 5.78 Å². The molecule has 0 radical (unpaired) electrons. The number of hydrogen-bond donors (Lipinski definition) is 0. The maximum Gasteiger partial charge on any atom is 0.254 e. The number of anilines is 1. The topological polar surface area (TPSA) is 85.1 Å². The average Bonchev–Trinajstić information content (AvgIpc) is 3.29. The summed E-state index contributed by atoms with van der Waals surface area (Å²) in [4.78, 5) is 25.4. The van der Waals surface area contributed by atoms with Crippen molar-refractivity contribution < 1.29 is 14.3 Å². The van der Waals surface area contributed by atoms with E-state index in [1.54, 1.807) is 29.8 Å². The molecule has 0 saturated carbocycles. The van der Waals surface area contributed by atoms with Gasteiger partial charge < -0.3 is 19.3 Å². The molecule has 3 aromatic rings. The van der Waals surface area contributed by atoms with Gasteiger partial charge in [-0.1, -0.05) is 18.5 Å². The molecular formula is C23H27ClN6O3. The number of carbonyl (C=O) groups is 1. The van der Waals surface area contributed by atoms with E-state index in [4.69, 9.17) is 21.1 Å². The summed E-state index contributed by atoms with van der Waals surface area (Å²) in [5, 5.41) is 4.73. The van der Waals surface area contributed by atoms with Crippen molar-refractivity contribution in [3.63, 3.8) is 0 Å². The molecule has 1 fully saturated rings. The van der Waals surface area contributed by atoms with Crippen molar-refractivity contribution in [3.05, 3.63) is 46.9 Å². The molecule has 0 atom stereocenters. The molecule has 10 heteroatoms. The van der Waals surface area contributed by atoms with Crippen molar-refractivity contribution in [1.82, 2.24) is 24.5 Å². The summed E-state index contributed by atoms with van der Waals surface area (Å²) >= 11 is 6.38. The van der Waals surface area contributed by atoms with E-state index in [0.29, 0.717) is 55.1 Å². The van der Waals surface area contributed by atoms with E-state index in [1.807, 2.05) is 30.9 Å². The quantitative estimate of drug-likeness (QED) is 0.490. The standard InChI is InChI=1S/C23H27ClN6O3/c1-4-11-33-22-18(24)13-17(14-19(22)32-3)5-6-21(31)29-9-7-28(8-10-29)20-12-16(2)27-23-25-15-26-30(20)23/h5-6,12-15H,4,7-11H2,1-3H3/b6-5+. The minimum Gasteiger partial charge on any atom is -0.493 e. The lowest BCUT2D eigenvalue weighted by molar-refractivity contribution is -0.126. The zero-order valence-corrected chi connectivity index (χ0v) is 19.7. The fraction of sp³-hybridized carbons (Fsp3) is 0.391. The Balaban J connectivity index is 1.41. The highest BCUT2D eigenvalue weighted by atomic mass is 35.5. The van der Waals surface area contributed by atoms with Gasteiger partial charge in [-0.3, -0.25) is 4.79 Å². The Hall–Kier alpha value is -3.33. The molecule has 1 saturated heterocycles. The van der Waals surface area contributed by atoms with Crippen molar-refractivity contribution >= 4 is 35.2 Å². The van der Waals surface area contributed by atoms with Gasteiger partial charge in [0.05, 0.1) is 18.7 Å². The molecule has 9 nitrogen and oxygen atoms in total. The molecule has 0 aliphatic carbocycles. The molecular weight excluding hydrogens is 444 g/mol. The van der Waals surface area contributed by atoms with Crippen molar-refractivity contribution in [2.75, 3.05) is 44.8 Å². The molecule has 1 aliphatic rings. The molecule has 0 bridgehead atoms. The first kappa shape index (κ1) is 22.8. The van der Waals surface area contributed by atoms with Crippen LogP contribution in [0.15, 0.2) is 30.6 Å². The molecule has 1 amide bonds. The van der Waals surface area contributed by atoms with E-state index in [-0.39, 0.29) is 5.91 Å². The molecule has 1 aliphatic heterocycles. The number of amides is 1. The first-order valence-electron chi connectivity index (χ1n) is 10.9. The Labute approximate surface area is 197 Å². The van der Waals surface area contributed by atoms with Crippen LogP contribution in [0.2, 0.25) is 5.02 Å². The Morgan fingerprint density at radius 3 is 2.73 bits per heavy atom. The van der Waals surface area contributed by atoms with Gasteiger partial charge in [-0.05, 0) is 37.1 Å². The van der Waals surface area contributed by atoms with Crippen LogP contribution in [0.25, 0.3) is 11.9 Å². The number of rotatable bonds is 7. The molecule has 33 heavy (non-hydrogen) atoms. The highest BCUT2D eigenvalue weighted by molar-refractivity contribution is 6.32. The third-order valence-electron chi connectivity index (χ3n) is 5.40. The van der Waals surface area contributed by atoms with Gasteiger partial charge in [0.15, 0.2) is 11.5 Å². The normalized spacial score (nSPS) is 14.3. The second kappa shape index (κ2) is 10.1. The molecule has 3 heterocycles. The largest absolute Gasteiger partial charge is 0.493 e. The van der Waals surface area contributed by atoms with Crippen LogP contribution in [0.3, 0.4) is 0 Å². The number of carbonyl (C=O) groups excluding carboxylic acids is 1. The van der Waals surface area contributed by atoms with Crippen molar-refractivity contribution in [1.29, 1.82) is 0 Å². The van der Waals surface area contributed by atoms with E-state index in [1.165, 1.54) is 6.33 Å². The van der Waals surface area contributed by atoms with E-state index >= 15 is 0 Å². The molecule has 0 N–H and O–H groups in total. The van der Waals surface area contributed by atoms with Crippen LogP contribution in [0.5, 0.6) is 11.5 Å². The molecule has 2 aromatic heterocycles. The number of aromatic nitrogens is 4. The van der Waals surface area contributed by atoms with E-state index in [0.717, 1.165) is 23.5 Å². The summed E-state index contributed by atoms with van der Waals surface area (Å²) in [6.45, 7) is 7.12. The molecule has 174 valence electrons. The lowest BCUT2D eigenvalue weighted by Crippen LogP contribution is -2.48. The summed E-state index contributed by atoms with van der Waals surface area (Å²) in [5.74, 6) is 2.53. The zero-order valence-electron chi connectivity index (χ0n) is 19.0. The maximum absolute atomic E-state index is 12.8. The van der Waals surface area contributed by atoms with Gasteiger partial charge in [-0.15, -0.1) is 0 Å². The Kier molecular flexibility index (Phi) is 6.98. The number of ether oxygens (including phenoxy) is 2. The van der Waals surface area contributed by atoms with Gasteiger partial charge in [-0.2, -0.15) is 14.6 Å². The molecule has 0 unspecified atom stereocenters. The monoisotopic (exact) mass is 470 g/mol. The maximum atomic E-state index is 12.8. The number of nitrogens with zero attached hydrogens (tertiary/aromatic N) is 6. The van der Waals surface area contributed by atoms with Gasteiger partial charge >= 0.3 is 0 Å². The number of halogens is 1. The predicted molar refractivity (Wildman–Crippen MR) is 127 cm³/mol. The summed E-state index contributed by atoms with van der Waals surface area (Å²) in [7, 11) is 1.57.